The number of thioether (sulfide) groups is 1. The maximum atomic E-state index is 13.4. The van der Waals surface area contributed by atoms with E-state index < -0.39 is 10.0 Å². The number of carbonyl (C=O) groups is 2. The topological polar surface area (TPSA) is 117 Å². The van der Waals surface area contributed by atoms with Crippen LogP contribution < -0.4 is 10.2 Å². The van der Waals surface area contributed by atoms with E-state index in [0.29, 0.717) is 23.1 Å². The molecule has 0 bridgehead atoms. The van der Waals surface area contributed by atoms with Gasteiger partial charge in [-0.15, -0.1) is 10.2 Å². The first-order valence-corrected chi connectivity index (χ1v) is 16.3. The predicted molar refractivity (Wildman–Crippen MR) is 167 cm³/mol. The number of para-hydroxylation sites is 1. The van der Waals surface area contributed by atoms with Gasteiger partial charge in [-0.05, 0) is 79.8 Å². The standard InChI is InChI=1S/C31H34N6O4S2/c1-21-11-12-22(2)27(18-21)37-28(19-32-30(39)24-13-15-25(16-14-24)43(40,41)35(3)4)33-34-31(37)42-20-29(38)36-17-7-9-23-8-5-6-10-26(23)36/h5-6,8,10-16,18H,7,9,17,19-20H2,1-4H3,(H,32,39). The molecule has 224 valence electrons. The van der Waals surface area contributed by atoms with Crippen LogP contribution in [0.25, 0.3) is 5.69 Å². The van der Waals surface area contributed by atoms with Gasteiger partial charge in [0.05, 0.1) is 22.9 Å². The first-order valence-electron chi connectivity index (χ1n) is 13.9. The summed E-state index contributed by atoms with van der Waals surface area (Å²) in [7, 11) is -0.688. The van der Waals surface area contributed by atoms with Gasteiger partial charge in [-0.2, -0.15) is 0 Å². The fourth-order valence-corrected chi connectivity index (χ4v) is 6.70. The molecule has 4 aromatic rings. The number of nitrogens with zero attached hydrogens (tertiary/aromatic N) is 5. The SMILES string of the molecule is Cc1ccc(C)c(-n2c(CNC(=O)c3ccc(S(=O)(=O)N(C)C)cc3)nnc2SCC(=O)N2CCCc3ccccc32)c1. The second-order valence-corrected chi connectivity index (χ2v) is 13.7. The van der Waals surface area contributed by atoms with Crippen molar-refractivity contribution in [2.24, 2.45) is 0 Å². The minimum atomic E-state index is -3.60. The van der Waals surface area contributed by atoms with Crippen molar-refractivity contribution in [3.05, 3.63) is 94.8 Å². The van der Waals surface area contributed by atoms with E-state index in [0.717, 1.165) is 39.6 Å². The van der Waals surface area contributed by atoms with E-state index in [4.69, 9.17) is 0 Å². The summed E-state index contributed by atoms with van der Waals surface area (Å²) in [5.74, 6) is 0.318. The maximum absolute atomic E-state index is 13.4. The highest BCUT2D eigenvalue weighted by molar-refractivity contribution is 7.99. The molecular weight excluding hydrogens is 585 g/mol. The summed E-state index contributed by atoms with van der Waals surface area (Å²) in [6.45, 7) is 4.74. The molecule has 5 rings (SSSR count). The second-order valence-electron chi connectivity index (χ2n) is 10.6. The van der Waals surface area contributed by atoms with Crippen molar-refractivity contribution in [3.8, 4) is 5.69 Å². The average molecular weight is 619 g/mol. The van der Waals surface area contributed by atoms with Crippen molar-refractivity contribution < 1.29 is 18.0 Å². The first-order chi connectivity index (χ1) is 20.6. The minimum absolute atomic E-state index is 0.00208. The third kappa shape index (κ3) is 6.51. The molecule has 0 fully saturated rings. The summed E-state index contributed by atoms with van der Waals surface area (Å²) in [6, 6.07) is 19.9. The van der Waals surface area contributed by atoms with Crippen molar-refractivity contribution in [3.63, 3.8) is 0 Å². The van der Waals surface area contributed by atoms with Crippen molar-refractivity contribution in [1.29, 1.82) is 0 Å². The lowest BCUT2D eigenvalue weighted by atomic mass is 10.0. The molecular formula is C31H34N6O4S2. The molecule has 43 heavy (non-hydrogen) atoms. The molecule has 1 N–H and O–H groups in total. The number of aryl methyl sites for hydroxylation is 3. The Hall–Kier alpha value is -4.00. The molecule has 12 heteroatoms. The molecule has 0 saturated heterocycles. The zero-order valence-corrected chi connectivity index (χ0v) is 26.2. The van der Waals surface area contributed by atoms with Gasteiger partial charge in [0, 0.05) is 31.9 Å². The zero-order valence-electron chi connectivity index (χ0n) is 24.6. The van der Waals surface area contributed by atoms with E-state index in [-0.39, 0.29) is 29.0 Å². The number of sulfonamides is 1. The molecule has 0 atom stereocenters. The molecule has 1 aliphatic rings. The van der Waals surface area contributed by atoms with Crippen LogP contribution in [0.3, 0.4) is 0 Å². The smallest absolute Gasteiger partial charge is 0.251 e. The summed E-state index contributed by atoms with van der Waals surface area (Å²) in [6.07, 6.45) is 1.88. The number of fused-ring (bicyclic) bond motifs is 1. The van der Waals surface area contributed by atoms with Crippen LogP contribution in [0.1, 0.15) is 39.3 Å². The number of benzene rings is 3. The molecule has 0 unspecified atom stereocenters. The van der Waals surface area contributed by atoms with Gasteiger partial charge in [0.1, 0.15) is 0 Å². The number of carbonyl (C=O) groups excluding carboxylic acids is 2. The molecule has 3 aromatic carbocycles. The summed E-state index contributed by atoms with van der Waals surface area (Å²) in [5.41, 5.74) is 5.37. The van der Waals surface area contributed by atoms with Gasteiger partial charge in [0.25, 0.3) is 5.91 Å². The summed E-state index contributed by atoms with van der Waals surface area (Å²) < 4.78 is 27.8. The Morgan fingerprint density at radius 2 is 1.72 bits per heavy atom. The van der Waals surface area contributed by atoms with E-state index in [1.165, 1.54) is 55.7 Å². The monoisotopic (exact) mass is 618 g/mol. The van der Waals surface area contributed by atoms with Gasteiger partial charge >= 0.3 is 0 Å². The van der Waals surface area contributed by atoms with E-state index in [1.54, 1.807) is 0 Å². The summed E-state index contributed by atoms with van der Waals surface area (Å²) >= 11 is 1.32. The molecule has 0 spiro atoms. The van der Waals surface area contributed by atoms with E-state index in [2.05, 4.69) is 21.6 Å². The Kier molecular flexibility index (Phi) is 9.00. The van der Waals surface area contributed by atoms with Crippen LogP contribution in [0.5, 0.6) is 0 Å². The van der Waals surface area contributed by atoms with Crippen molar-refractivity contribution in [1.82, 2.24) is 24.4 Å². The maximum Gasteiger partial charge on any atom is 0.251 e. The normalized spacial score (nSPS) is 13.2. The van der Waals surface area contributed by atoms with Crippen LogP contribution in [0.15, 0.2) is 76.8 Å². The van der Waals surface area contributed by atoms with Gasteiger partial charge in [0.15, 0.2) is 11.0 Å². The van der Waals surface area contributed by atoms with Crippen LogP contribution in [0.4, 0.5) is 5.69 Å². The van der Waals surface area contributed by atoms with Crippen molar-refractivity contribution >= 4 is 39.3 Å². The van der Waals surface area contributed by atoms with Crippen molar-refractivity contribution in [2.45, 2.75) is 43.3 Å². The van der Waals surface area contributed by atoms with Crippen LogP contribution in [0, 0.1) is 13.8 Å². The molecule has 0 radical (unpaired) electrons. The number of aromatic nitrogens is 3. The lowest BCUT2D eigenvalue weighted by Crippen LogP contribution is -2.36. The molecule has 1 aliphatic heterocycles. The van der Waals surface area contributed by atoms with E-state index in [9.17, 15) is 18.0 Å². The van der Waals surface area contributed by atoms with Gasteiger partial charge in [0.2, 0.25) is 15.9 Å². The fraction of sp³-hybridized carbons (Fsp3) is 0.290. The highest BCUT2D eigenvalue weighted by Gasteiger charge is 2.24. The average Bonchev–Trinajstić information content (AvgIpc) is 3.41. The third-order valence-electron chi connectivity index (χ3n) is 7.34. The van der Waals surface area contributed by atoms with Gasteiger partial charge in [-0.3, -0.25) is 14.2 Å². The predicted octanol–water partition coefficient (Wildman–Crippen LogP) is 4.14. The van der Waals surface area contributed by atoms with Crippen LogP contribution in [-0.4, -0.2) is 65.7 Å². The van der Waals surface area contributed by atoms with Crippen molar-refractivity contribution in [2.75, 3.05) is 31.3 Å². The Bertz CT molecular complexity index is 1770. The highest BCUT2D eigenvalue weighted by atomic mass is 32.2. The second kappa shape index (κ2) is 12.7. The zero-order chi connectivity index (χ0) is 30.7. The minimum Gasteiger partial charge on any atom is -0.345 e. The number of hydrogen-bond donors (Lipinski definition) is 1. The molecule has 0 aliphatic carbocycles. The highest BCUT2D eigenvalue weighted by Crippen LogP contribution is 2.29. The lowest BCUT2D eigenvalue weighted by molar-refractivity contribution is -0.116. The fourth-order valence-electron chi connectivity index (χ4n) is 4.96. The number of hydrogen-bond acceptors (Lipinski definition) is 7. The Labute approximate surface area is 256 Å². The van der Waals surface area contributed by atoms with E-state index in [1.807, 2.05) is 59.7 Å². The lowest BCUT2D eigenvalue weighted by Gasteiger charge is -2.29. The largest absolute Gasteiger partial charge is 0.345 e. The number of rotatable bonds is 9. The van der Waals surface area contributed by atoms with Crippen LogP contribution >= 0.6 is 11.8 Å². The first kappa shape index (κ1) is 30.5. The molecule has 2 amide bonds. The molecule has 1 aromatic heterocycles. The summed E-state index contributed by atoms with van der Waals surface area (Å²) in [4.78, 5) is 28.3. The third-order valence-corrected chi connectivity index (χ3v) is 10.1. The quantitative estimate of drug-likeness (QED) is 0.280. The molecule has 10 nitrogen and oxygen atoms in total. The van der Waals surface area contributed by atoms with E-state index >= 15 is 0 Å². The number of nitrogens with one attached hydrogen (secondary N) is 1. The van der Waals surface area contributed by atoms with Crippen LogP contribution in [-0.2, 0) is 27.8 Å². The number of anilines is 1. The van der Waals surface area contributed by atoms with Gasteiger partial charge < -0.3 is 10.2 Å². The Morgan fingerprint density at radius 3 is 2.47 bits per heavy atom. The molecule has 0 saturated carbocycles. The summed E-state index contributed by atoms with van der Waals surface area (Å²) in [5, 5.41) is 12.2. The number of amides is 2. The Balaban J connectivity index is 1.36. The van der Waals surface area contributed by atoms with Crippen LogP contribution in [0.2, 0.25) is 0 Å². The molecule has 2 heterocycles. The van der Waals surface area contributed by atoms with Gasteiger partial charge in [-0.1, -0.05) is 42.1 Å². The van der Waals surface area contributed by atoms with Gasteiger partial charge in [-0.25, -0.2) is 12.7 Å². The Morgan fingerprint density at radius 1 is 0.977 bits per heavy atom.